The van der Waals surface area contributed by atoms with Crippen molar-refractivity contribution < 1.29 is 4.79 Å². The van der Waals surface area contributed by atoms with E-state index in [1.54, 1.807) is 0 Å². The molecule has 0 aliphatic carbocycles. The number of carbonyl (C=O) groups is 1. The highest BCUT2D eigenvalue weighted by Crippen LogP contribution is 2.20. The van der Waals surface area contributed by atoms with Crippen molar-refractivity contribution in [1.82, 2.24) is 9.97 Å². The van der Waals surface area contributed by atoms with Gasteiger partial charge in [-0.1, -0.05) is 6.92 Å². The molecule has 1 amide bonds. The Bertz CT molecular complexity index is 489. The molecule has 0 spiro atoms. The molecule has 1 aromatic heterocycles. The topological polar surface area (TPSA) is 92.1 Å². The van der Waals surface area contributed by atoms with Crippen molar-refractivity contribution in [2.45, 2.75) is 26.2 Å². The lowest BCUT2D eigenvalue weighted by atomic mass is 9.96. The van der Waals surface area contributed by atoms with Gasteiger partial charge in [0.1, 0.15) is 11.6 Å². The maximum Gasteiger partial charge on any atom is 0.252 e. The third-order valence-electron chi connectivity index (χ3n) is 3.33. The second-order valence-corrected chi connectivity index (χ2v) is 4.57. The van der Waals surface area contributed by atoms with Crippen molar-refractivity contribution in [1.29, 1.82) is 0 Å². The van der Waals surface area contributed by atoms with Crippen molar-refractivity contribution in [3.8, 4) is 0 Å². The second-order valence-electron chi connectivity index (χ2n) is 4.57. The van der Waals surface area contributed by atoms with Crippen molar-refractivity contribution in [2.75, 3.05) is 18.0 Å². The zero-order valence-electron chi connectivity index (χ0n) is 10.5. The van der Waals surface area contributed by atoms with Crippen LogP contribution in [0.3, 0.4) is 0 Å². The van der Waals surface area contributed by atoms with Crippen LogP contribution in [0.5, 0.6) is 0 Å². The van der Waals surface area contributed by atoms with Crippen molar-refractivity contribution in [3.63, 3.8) is 0 Å². The molecule has 18 heavy (non-hydrogen) atoms. The molecule has 1 saturated heterocycles. The van der Waals surface area contributed by atoms with Gasteiger partial charge in [-0.15, -0.1) is 0 Å². The van der Waals surface area contributed by atoms with Gasteiger partial charge in [0.05, 0.1) is 0 Å². The van der Waals surface area contributed by atoms with E-state index in [1.165, 1.54) is 6.07 Å². The average molecular weight is 250 g/mol. The van der Waals surface area contributed by atoms with Gasteiger partial charge >= 0.3 is 0 Å². The number of nitrogens with one attached hydrogen (secondary N) is 1. The third-order valence-corrected chi connectivity index (χ3v) is 3.33. The molecule has 0 saturated carbocycles. The second kappa shape index (κ2) is 5.20. The summed E-state index contributed by atoms with van der Waals surface area (Å²) >= 11 is 0. The summed E-state index contributed by atoms with van der Waals surface area (Å²) in [5.74, 6) is 1.10. The van der Waals surface area contributed by atoms with E-state index in [1.807, 2.05) is 11.8 Å². The van der Waals surface area contributed by atoms with E-state index >= 15 is 0 Å². The maximum absolute atomic E-state index is 11.5. The molecule has 0 unspecified atom stereocenters. The normalized spacial score (nSPS) is 16.8. The number of anilines is 1. The molecule has 0 bridgehead atoms. The van der Waals surface area contributed by atoms with E-state index in [0.29, 0.717) is 31.2 Å². The summed E-state index contributed by atoms with van der Waals surface area (Å²) in [6, 6.07) is 1.50. The van der Waals surface area contributed by atoms with Crippen molar-refractivity contribution in [3.05, 3.63) is 22.2 Å². The summed E-state index contributed by atoms with van der Waals surface area (Å²) < 4.78 is 0. The molecule has 98 valence electrons. The van der Waals surface area contributed by atoms with Gasteiger partial charge in [-0.05, 0) is 12.8 Å². The average Bonchev–Trinajstić information content (AvgIpc) is 2.38. The molecule has 0 radical (unpaired) electrons. The van der Waals surface area contributed by atoms with Crippen LogP contribution in [0.2, 0.25) is 0 Å². The summed E-state index contributed by atoms with van der Waals surface area (Å²) in [5.41, 5.74) is 5.16. The van der Waals surface area contributed by atoms with Crippen molar-refractivity contribution in [2.24, 2.45) is 11.7 Å². The van der Waals surface area contributed by atoms with Crippen molar-refractivity contribution >= 4 is 11.7 Å². The lowest BCUT2D eigenvalue weighted by molar-refractivity contribution is -0.122. The smallest absolute Gasteiger partial charge is 0.252 e. The predicted molar refractivity (Wildman–Crippen MR) is 68.4 cm³/mol. The summed E-state index contributed by atoms with van der Waals surface area (Å²) in [6.45, 7) is 3.38. The minimum atomic E-state index is -0.234. The number of aromatic amines is 1. The highest BCUT2D eigenvalue weighted by Gasteiger charge is 2.24. The quantitative estimate of drug-likeness (QED) is 0.792. The lowest BCUT2D eigenvalue weighted by Crippen LogP contribution is -2.39. The number of amides is 1. The number of nitrogens with two attached hydrogens (primary N) is 1. The minimum absolute atomic E-state index is 0.0473. The Labute approximate surface area is 105 Å². The van der Waals surface area contributed by atoms with Gasteiger partial charge in [-0.25, -0.2) is 4.98 Å². The van der Waals surface area contributed by atoms with Crippen LogP contribution in [0.1, 0.15) is 25.6 Å². The lowest BCUT2D eigenvalue weighted by Gasteiger charge is -2.31. The predicted octanol–water partition coefficient (Wildman–Crippen LogP) is 0.0340. The van der Waals surface area contributed by atoms with Crippen LogP contribution in [-0.4, -0.2) is 29.0 Å². The molecule has 2 rings (SSSR count). The van der Waals surface area contributed by atoms with Gasteiger partial charge in [0.25, 0.3) is 5.56 Å². The number of hydrogen-bond donors (Lipinski definition) is 2. The fraction of sp³-hybridized carbons (Fsp3) is 0.583. The number of piperidine rings is 1. The molecule has 1 aromatic rings. The van der Waals surface area contributed by atoms with Crippen LogP contribution in [0.4, 0.5) is 5.82 Å². The molecule has 6 nitrogen and oxygen atoms in total. The first kappa shape index (κ1) is 12.6. The first-order valence-corrected chi connectivity index (χ1v) is 6.24. The Morgan fingerprint density at radius 2 is 2.22 bits per heavy atom. The molecule has 3 N–H and O–H groups in total. The zero-order valence-corrected chi connectivity index (χ0v) is 10.5. The highest BCUT2D eigenvalue weighted by atomic mass is 16.1. The SMILES string of the molecule is CCc1nc(N2CCC(C(N)=O)CC2)cc(=O)[nH]1. The summed E-state index contributed by atoms with van der Waals surface area (Å²) in [4.78, 5) is 31.7. The van der Waals surface area contributed by atoms with E-state index < -0.39 is 0 Å². The Kier molecular flexibility index (Phi) is 3.64. The van der Waals surface area contributed by atoms with E-state index in [9.17, 15) is 9.59 Å². The summed E-state index contributed by atoms with van der Waals surface area (Å²) in [5, 5.41) is 0. The Morgan fingerprint density at radius 1 is 1.56 bits per heavy atom. The summed E-state index contributed by atoms with van der Waals surface area (Å²) in [7, 11) is 0. The third kappa shape index (κ3) is 2.69. The number of carbonyl (C=O) groups excluding carboxylic acids is 1. The van der Waals surface area contributed by atoms with Gasteiger partial charge in [-0.3, -0.25) is 9.59 Å². The highest BCUT2D eigenvalue weighted by molar-refractivity contribution is 5.76. The number of primary amides is 1. The maximum atomic E-state index is 11.5. The Balaban J connectivity index is 2.12. The van der Waals surface area contributed by atoms with E-state index in [2.05, 4.69) is 9.97 Å². The molecule has 1 aliphatic heterocycles. The van der Waals surface area contributed by atoms with E-state index in [-0.39, 0.29) is 17.4 Å². The van der Waals surface area contributed by atoms with Gasteiger partial charge in [0.15, 0.2) is 0 Å². The van der Waals surface area contributed by atoms with Gasteiger partial charge in [0.2, 0.25) is 5.91 Å². The monoisotopic (exact) mass is 250 g/mol. The molecule has 0 atom stereocenters. The molecule has 2 heterocycles. The van der Waals surface area contributed by atoms with Crippen LogP contribution in [0, 0.1) is 5.92 Å². The number of H-pyrrole nitrogens is 1. The van der Waals surface area contributed by atoms with Crippen LogP contribution in [0.25, 0.3) is 0 Å². The number of aryl methyl sites for hydroxylation is 1. The fourth-order valence-electron chi connectivity index (χ4n) is 2.22. The van der Waals surface area contributed by atoms with Crippen LogP contribution in [-0.2, 0) is 11.2 Å². The number of hydrogen-bond acceptors (Lipinski definition) is 4. The Morgan fingerprint density at radius 3 is 2.78 bits per heavy atom. The molecular formula is C12H18N4O2. The molecule has 1 fully saturated rings. The van der Waals surface area contributed by atoms with E-state index in [0.717, 1.165) is 12.8 Å². The number of nitrogens with zero attached hydrogens (tertiary/aromatic N) is 2. The first-order valence-electron chi connectivity index (χ1n) is 6.24. The zero-order chi connectivity index (χ0) is 13.1. The first-order chi connectivity index (χ1) is 8.60. The molecule has 6 heteroatoms. The molecule has 0 aromatic carbocycles. The van der Waals surface area contributed by atoms with E-state index in [4.69, 9.17) is 5.73 Å². The molecule has 1 aliphatic rings. The summed E-state index contributed by atoms with van der Waals surface area (Å²) in [6.07, 6.45) is 2.15. The van der Waals surface area contributed by atoms with Gasteiger partial charge in [0, 0.05) is 31.5 Å². The minimum Gasteiger partial charge on any atom is -0.369 e. The van der Waals surface area contributed by atoms with Crippen LogP contribution < -0.4 is 16.2 Å². The number of aromatic nitrogens is 2. The van der Waals surface area contributed by atoms with Gasteiger partial charge in [-0.2, -0.15) is 0 Å². The number of rotatable bonds is 3. The Hall–Kier alpha value is -1.85. The standard InChI is InChI=1S/C12H18N4O2/c1-2-9-14-10(7-11(17)15-9)16-5-3-8(4-6-16)12(13)18/h7-8H,2-6H2,1H3,(H2,13,18)(H,14,15,17). The van der Waals surface area contributed by atoms with Gasteiger partial charge < -0.3 is 15.6 Å². The molecular weight excluding hydrogens is 232 g/mol. The fourth-order valence-corrected chi connectivity index (χ4v) is 2.22. The largest absolute Gasteiger partial charge is 0.369 e. The van der Waals surface area contributed by atoms with Crippen LogP contribution in [0.15, 0.2) is 10.9 Å². The van der Waals surface area contributed by atoms with Crippen LogP contribution >= 0.6 is 0 Å².